The predicted molar refractivity (Wildman–Crippen MR) is 99.3 cm³/mol. The lowest BCUT2D eigenvalue weighted by Crippen LogP contribution is -2.38. The number of hydrogen-bond acceptors (Lipinski definition) is 4. The van der Waals surface area contributed by atoms with Crippen molar-refractivity contribution in [1.29, 1.82) is 0 Å². The van der Waals surface area contributed by atoms with E-state index in [-0.39, 0.29) is 5.92 Å². The number of benzene rings is 1. The van der Waals surface area contributed by atoms with E-state index >= 15 is 0 Å². The second kappa shape index (κ2) is 7.06. The zero-order valence-corrected chi connectivity index (χ0v) is 14.9. The van der Waals surface area contributed by atoms with E-state index in [1.807, 2.05) is 48.1 Å². The summed E-state index contributed by atoms with van der Waals surface area (Å²) in [5.74, 6) is 0.172. The van der Waals surface area contributed by atoms with Gasteiger partial charge in [-0.25, -0.2) is 9.97 Å². The van der Waals surface area contributed by atoms with Crippen LogP contribution in [0.3, 0.4) is 0 Å². The molecule has 138 valence electrons. The summed E-state index contributed by atoms with van der Waals surface area (Å²) in [5, 5.41) is 2.63. The zero-order chi connectivity index (χ0) is 18.8. The molecule has 1 aliphatic heterocycles. The molecule has 8 nitrogen and oxygen atoms in total. The fraction of sp³-hybridized carbons (Fsp3) is 0.263. The summed E-state index contributed by atoms with van der Waals surface area (Å²) in [5.41, 5.74) is 0.855. The topological polar surface area (TPSA) is 85.1 Å². The Morgan fingerprint density at radius 3 is 2.63 bits per heavy atom. The van der Waals surface area contributed by atoms with Crippen LogP contribution in [-0.4, -0.2) is 48.9 Å². The molecule has 2 aromatic heterocycles. The van der Waals surface area contributed by atoms with Gasteiger partial charge in [0.25, 0.3) is 0 Å². The van der Waals surface area contributed by atoms with Crippen molar-refractivity contribution in [2.45, 2.75) is 12.3 Å². The van der Waals surface area contributed by atoms with E-state index in [0.29, 0.717) is 19.0 Å². The van der Waals surface area contributed by atoms with Crippen LogP contribution >= 0.6 is 0 Å². The van der Waals surface area contributed by atoms with Crippen LogP contribution in [0, 0.1) is 0 Å². The number of aryl methyl sites for hydroxylation is 1. The molecule has 1 aliphatic rings. The maximum absolute atomic E-state index is 12.6. The second-order valence-electron chi connectivity index (χ2n) is 6.54. The Labute approximate surface area is 156 Å². The van der Waals surface area contributed by atoms with Gasteiger partial charge in [0, 0.05) is 56.5 Å². The fourth-order valence-corrected chi connectivity index (χ4v) is 3.42. The van der Waals surface area contributed by atoms with Crippen LogP contribution < -0.4 is 5.32 Å². The van der Waals surface area contributed by atoms with Gasteiger partial charge in [-0.05, 0) is 18.6 Å². The molecule has 1 N–H and O–H groups in total. The van der Waals surface area contributed by atoms with Gasteiger partial charge < -0.3 is 9.47 Å². The van der Waals surface area contributed by atoms with Crippen LogP contribution in [0.4, 0.5) is 5.95 Å². The fourth-order valence-electron chi connectivity index (χ4n) is 3.42. The van der Waals surface area contributed by atoms with E-state index in [4.69, 9.17) is 0 Å². The molecule has 8 heteroatoms. The first kappa shape index (κ1) is 17.0. The Balaban J connectivity index is 1.43. The predicted octanol–water partition coefficient (Wildman–Crippen LogP) is 1.56. The van der Waals surface area contributed by atoms with Crippen molar-refractivity contribution >= 4 is 17.8 Å². The van der Waals surface area contributed by atoms with Gasteiger partial charge in [-0.2, -0.15) is 0 Å². The van der Waals surface area contributed by atoms with E-state index < -0.39 is 11.8 Å². The van der Waals surface area contributed by atoms with Crippen LogP contribution in [0.25, 0.3) is 5.69 Å². The average molecular weight is 364 g/mol. The first-order valence-corrected chi connectivity index (χ1v) is 8.79. The van der Waals surface area contributed by atoms with Crippen LogP contribution in [0.1, 0.15) is 18.2 Å². The summed E-state index contributed by atoms with van der Waals surface area (Å²) in [6.07, 6.45) is 7.75. The van der Waals surface area contributed by atoms with Gasteiger partial charge in [-0.15, -0.1) is 0 Å². The third-order valence-corrected chi connectivity index (χ3v) is 4.79. The highest BCUT2D eigenvalue weighted by Crippen LogP contribution is 2.25. The average Bonchev–Trinajstić information content (AvgIpc) is 3.42. The third kappa shape index (κ3) is 3.33. The molecule has 1 aromatic carbocycles. The number of anilines is 1. The maximum atomic E-state index is 12.6. The van der Waals surface area contributed by atoms with Crippen molar-refractivity contribution in [2.24, 2.45) is 7.05 Å². The number of para-hydroxylation sites is 1. The van der Waals surface area contributed by atoms with Gasteiger partial charge in [0.2, 0.25) is 5.95 Å². The van der Waals surface area contributed by atoms with Crippen molar-refractivity contribution in [3.8, 4) is 5.69 Å². The smallest absolute Gasteiger partial charge is 0.316 e. The molecule has 27 heavy (non-hydrogen) atoms. The highest BCUT2D eigenvalue weighted by Gasteiger charge is 2.32. The van der Waals surface area contributed by atoms with Gasteiger partial charge in [0.05, 0.1) is 0 Å². The largest absolute Gasteiger partial charge is 0.338 e. The molecule has 0 bridgehead atoms. The van der Waals surface area contributed by atoms with Gasteiger partial charge in [-0.3, -0.25) is 19.5 Å². The van der Waals surface area contributed by atoms with Crippen LogP contribution in [0.5, 0.6) is 0 Å². The molecule has 1 unspecified atom stereocenters. The molecule has 1 fully saturated rings. The molecular formula is C19H20N6O2. The quantitative estimate of drug-likeness (QED) is 0.715. The Morgan fingerprint density at radius 2 is 1.89 bits per heavy atom. The van der Waals surface area contributed by atoms with E-state index in [1.54, 1.807) is 28.1 Å². The van der Waals surface area contributed by atoms with Gasteiger partial charge in [0.15, 0.2) is 0 Å². The minimum absolute atomic E-state index is 0.146. The molecule has 3 heterocycles. The number of nitrogens with zero attached hydrogens (tertiary/aromatic N) is 5. The summed E-state index contributed by atoms with van der Waals surface area (Å²) in [6.45, 7) is 1.03. The lowest BCUT2D eigenvalue weighted by Gasteiger charge is -2.16. The minimum atomic E-state index is -0.682. The standard InChI is InChI=1S/C19H20N6O2/c1-23-11-8-20-16(23)14-7-10-24(13-14)18(27)17(26)22-19-21-9-12-25(19)15-5-3-2-4-6-15/h2-6,8-9,11-12,14H,7,10,13H2,1H3,(H,21,22,26). The number of aromatic nitrogens is 4. The van der Waals surface area contributed by atoms with Gasteiger partial charge >= 0.3 is 11.8 Å². The molecule has 0 spiro atoms. The molecule has 1 atom stereocenters. The van der Waals surface area contributed by atoms with E-state index in [0.717, 1.165) is 17.9 Å². The second-order valence-corrected chi connectivity index (χ2v) is 6.54. The first-order valence-electron chi connectivity index (χ1n) is 8.79. The summed E-state index contributed by atoms with van der Waals surface area (Å²) in [6, 6.07) is 9.50. The number of rotatable bonds is 3. The molecule has 0 saturated carbocycles. The zero-order valence-electron chi connectivity index (χ0n) is 14.9. The van der Waals surface area contributed by atoms with E-state index in [9.17, 15) is 9.59 Å². The van der Waals surface area contributed by atoms with E-state index in [1.165, 1.54) is 0 Å². The van der Waals surface area contributed by atoms with Crippen molar-refractivity contribution in [2.75, 3.05) is 18.4 Å². The van der Waals surface area contributed by atoms with Gasteiger partial charge in [0.1, 0.15) is 5.82 Å². The molecule has 2 amide bonds. The third-order valence-electron chi connectivity index (χ3n) is 4.79. The number of carbonyl (C=O) groups excluding carboxylic acids is 2. The Bertz CT molecular complexity index is 962. The van der Waals surface area contributed by atoms with Crippen molar-refractivity contribution in [1.82, 2.24) is 24.0 Å². The molecule has 1 saturated heterocycles. The van der Waals surface area contributed by atoms with Crippen molar-refractivity contribution in [3.05, 3.63) is 60.9 Å². The normalized spacial score (nSPS) is 16.5. The minimum Gasteiger partial charge on any atom is -0.338 e. The van der Waals surface area contributed by atoms with Crippen molar-refractivity contribution < 1.29 is 9.59 Å². The Morgan fingerprint density at radius 1 is 1.11 bits per heavy atom. The number of amides is 2. The molecule has 4 rings (SSSR count). The van der Waals surface area contributed by atoms with E-state index in [2.05, 4.69) is 15.3 Å². The number of carbonyl (C=O) groups is 2. The lowest BCUT2D eigenvalue weighted by atomic mass is 10.1. The lowest BCUT2D eigenvalue weighted by molar-refractivity contribution is -0.142. The summed E-state index contributed by atoms with van der Waals surface area (Å²) < 4.78 is 3.68. The summed E-state index contributed by atoms with van der Waals surface area (Å²) in [4.78, 5) is 35.1. The Kier molecular flexibility index (Phi) is 4.45. The monoisotopic (exact) mass is 364 g/mol. The van der Waals surface area contributed by atoms with Crippen LogP contribution in [0.2, 0.25) is 0 Å². The molecule has 3 aromatic rings. The number of nitrogens with one attached hydrogen (secondary N) is 1. The highest BCUT2D eigenvalue weighted by molar-refractivity contribution is 6.39. The number of imidazole rings is 2. The highest BCUT2D eigenvalue weighted by atomic mass is 16.2. The van der Waals surface area contributed by atoms with Crippen LogP contribution in [-0.2, 0) is 16.6 Å². The van der Waals surface area contributed by atoms with Gasteiger partial charge in [-0.1, -0.05) is 18.2 Å². The summed E-state index contributed by atoms with van der Waals surface area (Å²) >= 11 is 0. The summed E-state index contributed by atoms with van der Waals surface area (Å²) in [7, 11) is 1.93. The number of hydrogen-bond donors (Lipinski definition) is 1. The van der Waals surface area contributed by atoms with Crippen LogP contribution in [0.15, 0.2) is 55.1 Å². The maximum Gasteiger partial charge on any atom is 0.316 e. The first-order chi connectivity index (χ1) is 13.1. The number of likely N-dealkylation sites (tertiary alicyclic amines) is 1. The Hall–Kier alpha value is -3.42. The molecule has 0 radical (unpaired) electrons. The SMILES string of the molecule is Cn1ccnc1C1CCN(C(=O)C(=O)Nc2nccn2-c2ccccc2)C1. The van der Waals surface area contributed by atoms with Crippen molar-refractivity contribution in [3.63, 3.8) is 0 Å². The molecule has 0 aliphatic carbocycles. The molecular weight excluding hydrogens is 344 g/mol.